The van der Waals surface area contributed by atoms with Crippen LogP contribution in [0.3, 0.4) is 0 Å². The van der Waals surface area contributed by atoms with Gasteiger partial charge >= 0.3 is 105 Å². The normalized spacial score (nSPS) is 7.25. The van der Waals surface area contributed by atoms with Gasteiger partial charge in [-0.1, -0.05) is 0 Å². The fourth-order valence-electron chi connectivity index (χ4n) is 0. The molecule has 48 valence electrons. The van der Waals surface area contributed by atoms with Crippen molar-refractivity contribution < 1.29 is 17.5 Å². The summed E-state index contributed by atoms with van der Waals surface area (Å²) in [6, 6.07) is 0. The summed E-state index contributed by atoms with van der Waals surface area (Å²) < 4.78 is 31.6. The van der Waals surface area contributed by atoms with Crippen LogP contribution in [0.1, 0.15) is 0 Å². The Kier molecular flexibility index (Phi) is 28.7. The molecule has 0 atom stereocenters. The molecule has 4 nitrogen and oxygen atoms in total. The molecule has 0 spiro atoms. The molecule has 0 heterocycles. The van der Waals surface area contributed by atoms with Crippen LogP contribution in [0, 0.1) is 0 Å². The minimum absolute atomic E-state index is 0. The molecule has 8 heavy (non-hydrogen) atoms. The van der Waals surface area contributed by atoms with Gasteiger partial charge in [-0.15, -0.1) is 12.4 Å². The molecule has 0 aromatic carbocycles. The Morgan fingerprint density at radius 3 is 1.12 bits per heavy atom. The third kappa shape index (κ3) is 60.2. The van der Waals surface area contributed by atoms with Crippen LogP contribution in [-0.2, 0) is 10.4 Å². The fourth-order valence-corrected chi connectivity index (χ4v) is 0. The van der Waals surface area contributed by atoms with Crippen molar-refractivity contribution in [3.05, 3.63) is 0 Å². The molecule has 0 unspecified atom stereocenters. The average molecular weight is 364 g/mol. The molecule has 0 aliphatic heterocycles. The van der Waals surface area contributed by atoms with E-state index in [2.05, 4.69) is 0 Å². The molecule has 0 rings (SSSR count). The topological polar surface area (TPSA) is 74.6 Å². The minimum atomic E-state index is -4.67. The standard InChI is InChI=1S/Ba.ClH.H2O4S.Sr.4H/c;;1-5(2,3)4;;;;;/h;1H;(H2,1,2,3,4);;;;;. The van der Waals surface area contributed by atoms with Gasteiger partial charge in [0.25, 0.3) is 0 Å². The van der Waals surface area contributed by atoms with Gasteiger partial charge in [0, 0.05) is 0 Å². The fraction of sp³-hybridized carbons (Fsp3) is 0. The van der Waals surface area contributed by atoms with Gasteiger partial charge < -0.3 is 0 Å². The van der Waals surface area contributed by atoms with E-state index in [1.165, 1.54) is 0 Å². The van der Waals surface area contributed by atoms with E-state index in [0.717, 1.165) is 0 Å². The Balaban J connectivity index is -0.0000000267. The average Bonchev–Trinajstić information content (AvgIpc) is 0.722. The van der Waals surface area contributed by atoms with Gasteiger partial charge in [-0.25, -0.2) is 0 Å². The van der Waals surface area contributed by atoms with Gasteiger partial charge in [0.1, 0.15) is 0 Å². The molecule has 8 heteroatoms. The summed E-state index contributed by atoms with van der Waals surface area (Å²) in [5, 5.41) is 0. The molecular weight excluding hydrogens is 356 g/mol. The van der Waals surface area contributed by atoms with Crippen LogP contribution in [0.15, 0.2) is 0 Å². The summed E-state index contributed by atoms with van der Waals surface area (Å²) in [5.41, 5.74) is 0. The second-order valence-corrected chi connectivity index (χ2v) is 1.34. The summed E-state index contributed by atoms with van der Waals surface area (Å²) in [5.74, 6) is 0. The monoisotopic (exact) mass is 364 g/mol. The zero-order chi connectivity index (χ0) is 4.50. The second kappa shape index (κ2) is 10.2. The molecule has 0 fully saturated rings. The van der Waals surface area contributed by atoms with Crippen molar-refractivity contribution in [2.75, 3.05) is 0 Å². The van der Waals surface area contributed by atoms with E-state index in [4.69, 9.17) is 17.5 Å². The summed E-state index contributed by atoms with van der Waals surface area (Å²) in [4.78, 5) is 0. The first-order valence-electron chi connectivity index (χ1n) is 0.698. The number of rotatable bonds is 0. The SMILES string of the molecule is Cl.O=S(=O)(O)O.[BaH2].[SrH2]. The summed E-state index contributed by atoms with van der Waals surface area (Å²) in [6.45, 7) is 0. The Morgan fingerprint density at radius 2 is 1.12 bits per heavy atom. The van der Waals surface area contributed by atoms with Crippen molar-refractivity contribution >= 4 is 117 Å². The van der Waals surface area contributed by atoms with Crippen molar-refractivity contribution in [2.45, 2.75) is 0 Å². The first-order valence-corrected chi connectivity index (χ1v) is 2.10. The van der Waals surface area contributed by atoms with Gasteiger partial charge in [-0.05, 0) is 0 Å². The molecule has 0 aliphatic carbocycles. The van der Waals surface area contributed by atoms with E-state index in [9.17, 15) is 0 Å². The van der Waals surface area contributed by atoms with Crippen molar-refractivity contribution in [3.8, 4) is 0 Å². The van der Waals surface area contributed by atoms with Gasteiger partial charge in [0.05, 0.1) is 0 Å². The van der Waals surface area contributed by atoms with Gasteiger partial charge in [0.15, 0.2) is 0 Å². The Labute approximate surface area is 131 Å². The number of hydrogen-bond donors (Lipinski definition) is 2. The van der Waals surface area contributed by atoms with Crippen molar-refractivity contribution in [3.63, 3.8) is 0 Å². The molecule has 0 aromatic rings. The van der Waals surface area contributed by atoms with Crippen LogP contribution in [0.2, 0.25) is 0 Å². The zero-order valence-electron chi connectivity index (χ0n) is 2.53. The van der Waals surface area contributed by atoms with Crippen LogP contribution in [0.25, 0.3) is 0 Å². The molecule has 0 radical (unpaired) electrons. The Hall–Kier alpha value is 3.21. The maximum absolute atomic E-state index is 8.74. The van der Waals surface area contributed by atoms with Gasteiger partial charge in [-0.3, -0.25) is 9.11 Å². The van der Waals surface area contributed by atoms with Crippen LogP contribution in [-0.4, -0.2) is 112 Å². The zero-order valence-corrected chi connectivity index (χ0v) is 4.16. The number of halogens is 1. The predicted octanol–water partition coefficient (Wildman–Crippen LogP) is -2.06. The van der Waals surface area contributed by atoms with E-state index in [-0.39, 0.29) is 107 Å². The molecule has 0 aromatic heterocycles. The van der Waals surface area contributed by atoms with Crippen LogP contribution >= 0.6 is 12.4 Å². The quantitative estimate of drug-likeness (QED) is 0.383. The van der Waals surface area contributed by atoms with Crippen molar-refractivity contribution in [1.82, 2.24) is 0 Å². The van der Waals surface area contributed by atoms with E-state index in [1.807, 2.05) is 0 Å². The summed E-state index contributed by atoms with van der Waals surface area (Å²) in [7, 11) is -4.67. The Bertz CT molecular complexity index is 99.2. The predicted molar refractivity (Wildman–Crippen MR) is 38.5 cm³/mol. The summed E-state index contributed by atoms with van der Waals surface area (Å²) in [6.07, 6.45) is 0. The van der Waals surface area contributed by atoms with E-state index in [0.29, 0.717) is 0 Å². The van der Waals surface area contributed by atoms with Crippen LogP contribution in [0.5, 0.6) is 0 Å². The van der Waals surface area contributed by atoms with Crippen molar-refractivity contribution in [1.29, 1.82) is 0 Å². The van der Waals surface area contributed by atoms with Gasteiger partial charge in [0.2, 0.25) is 0 Å². The van der Waals surface area contributed by atoms with E-state index in [1.54, 1.807) is 0 Å². The van der Waals surface area contributed by atoms with E-state index < -0.39 is 10.4 Å². The first-order chi connectivity index (χ1) is 2.00. The number of hydrogen-bond acceptors (Lipinski definition) is 2. The molecular formula is H7BaClO4SSr. The third-order valence-electron chi connectivity index (χ3n) is 0. The molecule has 0 saturated heterocycles. The third-order valence-corrected chi connectivity index (χ3v) is 0. The molecule has 0 amide bonds. The van der Waals surface area contributed by atoms with Gasteiger partial charge in [-0.2, -0.15) is 8.42 Å². The first kappa shape index (κ1) is 22.5. The molecule has 0 saturated carbocycles. The van der Waals surface area contributed by atoms with E-state index >= 15 is 0 Å². The molecule has 0 bridgehead atoms. The van der Waals surface area contributed by atoms with Crippen LogP contribution < -0.4 is 0 Å². The maximum atomic E-state index is 8.74. The molecule has 0 aliphatic rings. The molecule has 2 N–H and O–H groups in total. The van der Waals surface area contributed by atoms with Crippen molar-refractivity contribution in [2.24, 2.45) is 0 Å². The second-order valence-electron chi connectivity index (χ2n) is 0.448. The Morgan fingerprint density at radius 1 is 1.12 bits per heavy atom. The summed E-state index contributed by atoms with van der Waals surface area (Å²) >= 11 is 0. The van der Waals surface area contributed by atoms with Crippen LogP contribution in [0.4, 0.5) is 0 Å².